The van der Waals surface area contributed by atoms with Crippen molar-refractivity contribution in [2.24, 2.45) is 0 Å². The lowest BCUT2D eigenvalue weighted by atomic mass is 10.1. The molecule has 0 radical (unpaired) electrons. The Morgan fingerprint density at radius 2 is 1.76 bits per heavy atom. The van der Waals surface area contributed by atoms with E-state index in [1.165, 1.54) is 17.3 Å². The maximum atomic E-state index is 13.6. The Morgan fingerprint density at radius 1 is 1.00 bits per heavy atom. The van der Waals surface area contributed by atoms with Crippen molar-refractivity contribution in [3.63, 3.8) is 0 Å². The average molecular weight is 450 g/mol. The largest absolute Gasteiger partial charge is 0.455 e. The number of halogens is 1. The highest BCUT2D eigenvalue weighted by Gasteiger charge is 2.25. The normalized spacial score (nSPS) is 14.4. The van der Waals surface area contributed by atoms with Crippen LogP contribution in [0.15, 0.2) is 65.1 Å². The second kappa shape index (κ2) is 10.2. The monoisotopic (exact) mass is 449 g/mol. The van der Waals surface area contributed by atoms with E-state index in [4.69, 9.17) is 4.42 Å². The van der Waals surface area contributed by atoms with Gasteiger partial charge in [0.05, 0.1) is 6.54 Å². The van der Waals surface area contributed by atoms with Gasteiger partial charge in [-0.05, 0) is 62.2 Å². The van der Waals surface area contributed by atoms with Crippen LogP contribution in [0, 0.1) is 12.7 Å². The van der Waals surface area contributed by atoms with Crippen LogP contribution in [0.4, 0.5) is 10.1 Å². The van der Waals surface area contributed by atoms with Gasteiger partial charge in [-0.3, -0.25) is 9.69 Å². The van der Waals surface area contributed by atoms with Gasteiger partial charge in [-0.2, -0.15) is 0 Å². The fraction of sp³-hybridized carbons (Fsp3) is 0.370. The smallest absolute Gasteiger partial charge is 0.289 e. The standard InChI is InChI=1S/C27H32FN3O2/c1-20(2)31(18-22-8-6-9-23(28)17-22)19-24-11-12-26(33-24)27(32)30-15-13-29(14-16-30)25-10-5-4-7-21(25)3/h4-12,17,20H,13-16,18-19H2,1-3H3. The van der Waals surface area contributed by atoms with Crippen molar-refractivity contribution >= 4 is 11.6 Å². The molecular weight excluding hydrogens is 417 g/mol. The second-order valence-electron chi connectivity index (χ2n) is 8.96. The number of nitrogens with zero attached hydrogens (tertiary/aromatic N) is 3. The van der Waals surface area contributed by atoms with Gasteiger partial charge in [0, 0.05) is 44.5 Å². The van der Waals surface area contributed by atoms with Crippen molar-refractivity contribution in [3.8, 4) is 0 Å². The summed E-state index contributed by atoms with van der Waals surface area (Å²) in [6.07, 6.45) is 0. The molecule has 5 nitrogen and oxygen atoms in total. The van der Waals surface area contributed by atoms with Crippen LogP contribution in [0.2, 0.25) is 0 Å². The molecule has 1 aromatic heterocycles. The SMILES string of the molecule is Cc1ccccc1N1CCN(C(=O)c2ccc(CN(Cc3cccc(F)c3)C(C)C)o2)CC1. The summed E-state index contributed by atoms with van der Waals surface area (Å²) in [6.45, 7) is 10.4. The molecule has 0 atom stereocenters. The lowest BCUT2D eigenvalue weighted by Gasteiger charge is -2.36. The molecule has 1 fully saturated rings. The Hall–Kier alpha value is -3.12. The van der Waals surface area contributed by atoms with Crippen LogP contribution in [0.1, 0.15) is 41.3 Å². The number of hydrogen-bond acceptors (Lipinski definition) is 4. The van der Waals surface area contributed by atoms with E-state index in [0.717, 1.165) is 24.4 Å². The number of carbonyl (C=O) groups excluding carboxylic acids is 1. The first kappa shape index (κ1) is 23.1. The topological polar surface area (TPSA) is 39.9 Å². The summed E-state index contributed by atoms with van der Waals surface area (Å²) in [4.78, 5) is 19.4. The molecule has 0 spiro atoms. The highest BCUT2D eigenvalue weighted by molar-refractivity contribution is 5.91. The van der Waals surface area contributed by atoms with Crippen molar-refractivity contribution in [2.75, 3.05) is 31.1 Å². The Labute approximate surface area is 195 Å². The summed E-state index contributed by atoms with van der Waals surface area (Å²) in [6, 6.07) is 18.9. The molecule has 2 heterocycles. The number of furan rings is 1. The Balaban J connectivity index is 1.36. The van der Waals surface area contributed by atoms with Gasteiger partial charge in [-0.1, -0.05) is 30.3 Å². The van der Waals surface area contributed by atoms with Gasteiger partial charge in [0.1, 0.15) is 11.6 Å². The van der Waals surface area contributed by atoms with Gasteiger partial charge < -0.3 is 14.2 Å². The molecule has 0 N–H and O–H groups in total. The van der Waals surface area contributed by atoms with E-state index in [2.05, 4.69) is 48.8 Å². The summed E-state index contributed by atoms with van der Waals surface area (Å²) in [5.41, 5.74) is 3.40. The van der Waals surface area contributed by atoms with E-state index in [0.29, 0.717) is 31.9 Å². The quantitative estimate of drug-likeness (QED) is 0.503. The van der Waals surface area contributed by atoms with Crippen LogP contribution in [0.25, 0.3) is 0 Å². The van der Waals surface area contributed by atoms with E-state index >= 15 is 0 Å². The predicted octanol–water partition coefficient (Wildman–Crippen LogP) is 5.10. The molecular formula is C27H32FN3O2. The highest BCUT2D eigenvalue weighted by Crippen LogP contribution is 2.22. The predicted molar refractivity (Wildman–Crippen MR) is 129 cm³/mol. The van der Waals surface area contributed by atoms with E-state index in [1.807, 2.05) is 23.1 Å². The van der Waals surface area contributed by atoms with Gasteiger partial charge in [0.15, 0.2) is 5.76 Å². The summed E-state index contributed by atoms with van der Waals surface area (Å²) in [7, 11) is 0. The zero-order valence-corrected chi connectivity index (χ0v) is 19.6. The Morgan fingerprint density at radius 3 is 2.45 bits per heavy atom. The van der Waals surface area contributed by atoms with Crippen LogP contribution in [-0.2, 0) is 13.1 Å². The van der Waals surface area contributed by atoms with Crippen molar-refractivity contribution in [1.29, 1.82) is 0 Å². The number of rotatable bonds is 7. The molecule has 0 saturated carbocycles. The van der Waals surface area contributed by atoms with Crippen LogP contribution >= 0.6 is 0 Å². The maximum Gasteiger partial charge on any atom is 0.289 e. The van der Waals surface area contributed by atoms with E-state index < -0.39 is 0 Å². The number of amides is 1. The zero-order valence-electron chi connectivity index (χ0n) is 19.6. The number of aryl methyl sites for hydroxylation is 1. The minimum absolute atomic E-state index is 0.0630. The Bertz CT molecular complexity index is 1090. The average Bonchev–Trinajstić information content (AvgIpc) is 3.27. The lowest BCUT2D eigenvalue weighted by Crippen LogP contribution is -2.48. The third kappa shape index (κ3) is 5.63. The van der Waals surface area contributed by atoms with E-state index in [1.54, 1.807) is 18.2 Å². The molecule has 0 aliphatic carbocycles. The van der Waals surface area contributed by atoms with Gasteiger partial charge in [-0.15, -0.1) is 0 Å². The van der Waals surface area contributed by atoms with Gasteiger partial charge in [0.25, 0.3) is 5.91 Å². The molecule has 33 heavy (non-hydrogen) atoms. The molecule has 1 amide bonds. The summed E-state index contributed by atoms with van der Waals surface area (Å²) >= 11 is 0. The fourth-order valence-electron chi connectivity index (χ4n) is 4.29. The molecule has 4 rings (SSSR count). The van der Waals surface area contributed by atoms with E-state index in [-0.39, 0.29) is 17.8 Å². The van der Waals surface area contributed by atoms with Crippen molar-refractivity contribution in [1.82, 2.24) is 9.80 Å². The third-order valence-corrected chi connectivity index (χ3v) is 6.26. The first-order valence-electron chi connectivity index (χ1n) is 11.6. The van der Waals surface area contributed by atoms with Crippen molar-refractivity contribution < 1.29 is 13.6 Å². The number of benzene rings is 2. The molecule has 1 saturated heterocycles. The van der Waals surface area contributed by atoms with Gasteiger partial charge in [-0.25, -0.2) is 4.39 Å². The van der Waals surface area contributed by atoms with Gasteiger partial charge in [0.2, 0.25) is 0 Å². The molecule has 1 aliphatic rings. The minimum atomic E-state index is -0.232. The van der Waals surface area contributed by atoms with Crippen LogP contribution in [0.3, 0.4) is 0 Å². The Kier molecular flexibility index (Phi) is 7.14. The number of anilines is 1. The first-order valence-corrected chi connectivity index (χ1v) is 11.6. The van der Waals surface area contributed by atoms with E-state index in [9.17, 15) is 9.18 Å². The lowest BCUT2D eigenvalue weighted by molar-refractivity contribution is 0.0709. The van der Waals surface area contributed by atoms with Crippen LogP contribution in [0.5, 0.6) is 0 Å². The van der Waals surface area contributed by atoms with Crippen molar-refractivity contribution in [3.05, 3.63) is 89.1 Å². The molecule has 1 aliphatic heterocycles. The molecule has 0 bridgehead atoms. The van der Waals surface area contributed by atoms with Crippen LogP contribution < -0.4 is 4.90 Å². The number of para-hydroxylation sites is 1. The third-order valence-electron chi connectivity index (χ3n) is 6.26. The maximum absolute atomic E-state index is 13.6. The summed E-state index contributed by atoms with van der Waals surface area (Å²) in [5, 5.41) is 0. The molecule has 0 unspecified atom stereocenters. The van der Waals surface area contributed by atoms with Crippen LogP contribution in [-0.4, -0.2) is 47.9 Å². The molecule has 2 aromatic carbocycles. The minimum Gasteiger partial charge on any atom is -0.455 e. The number of piperazine rings is 1. The summed E-state index contributed by atoms with van der Waals surface area (Å²) < 4.78 is 19.5. The summed E-state index contributed by atoms with van der Waals surface area (Å²) in [5.74, 6) is 0.822. The molecule has 3 aromatic rings. The second-order valence-corrected chi connectivity index (χ2v) is 8.96. The first-order chi connectivity index (χ1) is 15.9. The fourth-order valence-corrected chi connectivity index (χ4v) is 4.29. The highest BCUT2D eigenvalue weighted by atomic mass is 19.1. The van der Waals surface area contributed by atoms with Gasteiger partial charge >= 0.3 is 0 Å². The van der Waals surface area contributed by atoms with Crippen molar-refractivity contribution in [2.45, 2.75) is 39.9 Å². The number of carbonyl (C=O) groups is 1. The number of hydrogen-bond donors (Lipinski definition) is 0. The molecule has 6 heteroatoms. The molecule has 174 valence electrons. The zero-order chi connectivity index (χ0) is 23.4.